The van der Waals surface area contributed by atoms with Gasteiger partial charge in [0.05, 0.1) is 11.6 Å². The van der Waals surface area contributed by atoms with Gasteiger partial charge in [0, 0.05) is 6.54 Å². The molecule has 98 valence electrons. The van der Waals surface area contributed by atoms with Gasteiger partial charge in [-0.15, -0.1) is 0 Å². The van der Waals surface area contributed by atoms with Gasteiger partial charge >= 0.3 is 12.1 Å². The van der Waals surface area contributed by atoms with E-state index < -0.39 is 18.0 Å². The number of alkyl halides is 3. The molecule has 0 spiro atoms. The molecule has 0 saturated carbocycles. The summed E-state index contributed by atoms with van der Waals surface area (Å²) in [5.74, 6) is -3.16. The second kappa shape index (κ2) is 6.56. The number of carbonyl (C=O) groups is 1. The lowest BCUT2D eigenvalue weighted by Gasteiger charge is -1.98. The fraction of sp³-hybridized carbons (Fsp3) is 0.200. The average Bonchev–Trinajstić information content (AvgIpc) is 2.28. The molecule has 0 aromatic heterocycles. The Bertz CT molecular complexity index is 466. The fourth-order valence-corrected chi connectivity index (χ4v) is 0.831. The zero-order chi connectivity index (χ0) is 14.3. The minimum Gasteiger partial charge on any atom is -0.475 e. The molecule has 0 fully saturated rings. The first-order valence-corrected chi connectivity index (χ1v) is 4.41. The van der Waals surface area contributed by atoms with Gasteiger partial charge in [-0.25, -0.2) is 9.18 Å². The molecule has 0 unspecified atom stereocenters. The highest BCUT2D eigenvalue weighted by atomic mass is 19.4. The van der Waals surface area contributed by atoms with Crippen LogP contribution in [-0.4, -0.2) is 17.3 Å². The number of benzene rings is 1. The number of hydrogen-bond acceptors (Lipinski definition) is 3. The summed E-state index contributed by atoms with van der Waals surface area (Å²) in [5, 5.41) is 15.6. The highest BCUT2D eigenvalue weighted by molar-refractivity contribution is 5.73. The molecule has 0 heterocycles. The first kappa shape index (κ1) is 15.9. The summed E-state index contributed by atoms with van der Waals surface area (Å²) >= 11 is 0. The van der Waals surface area contributed by atoms with Crippen molar-refractivity contribution in [3.8, 4) is 6.07 Å². The van der Waals surface area contributed by atoms with Gasteiger partial charge < -0.3 is 10.8 Å². The Morgan fingerprint density at radius 2 is 1.94 bits per heavy atom. The van der Waals surface area contributed by atoms with E-state index in [1.54, 1.807) is 0 Å². The lowest BCUT2D eigenvalue weighted by Crippen LogP contribution is -2.21. The van der Waals surface area contributed by atoms with Gasteiger partial charge in [0.25, 0.3) is 0 Å². The molecule has 1 aromatic rings. The Hall–Kier alpha value is -2.14. The van der Waals surface area contributed by atoms with E-state index >= 15 is 0 Å². The van der Waals surface area contributed by atoms with Crippen LogP contribution in [0.3, 0.4) is 0 Å². The van der Waals surface area contributed by atoms with Gasteiger partial charge in [0.1, 0.15) is 5.82 Å². The average molecular weight is 264 g/mol. The van der Waals surface area contributed by atoms with E-state index in [9.17, 15) is 17.6 Å². The quantitative estimate of drug-likeness (QED) is 0.757. The lowest BCUT2D eigenvalue weighted by atomic mass is 10.1. The SMILES string of the molecule is N#Cc1cc(F)ccc1CN.O=C(O)C(F)(F)F. The Balaban J connectivity index is 0.000000360. The Morgan fingerprint density at radius 1 is 1.44 bits per heavy atom. The first-order chi connectivity index (χ1) is 8.22. The fourth-order valence-electron chi connectivity index (χ4n) is 0.831. The molecule has 8 heteroatoms. The molecule has 0 bridgehead atoms. The molecule has 1 aromatic carbocycles. The van der Waals surface area contributed by atoms with Crippen LogP contribution < -0.4 is 5.73 Å². The van der Waals surface area contributed by atoms with Crippen molar-refractivity contribution in [1.29, 1.82) is 5.26 Å². The van der Waals surface area contributed by atoms with Gasteiger partial charge in [-0.3, -0.25) is 0 Å². The normalized spacial score (nSPS) is 10.0. The second-order valence-corrected chi connectivity index (χ2v) is 2.92. The summed E-state index contributed by atoms with van der Waals surface area (Å²) in [6.45, 7) is 0.267. The maximum atomic E-state index is 12.5. The number of carboxylic acid groups (broad SMARTS) is 1. The van der Waals surface area contributed by atoms with Crippen LogP contribution in [0.15, 0.2) is 18.2 Å². The van der Waals surface area contributed by atoms with E-state index in [2.05, 4.69) is 0 Å². The molecular weight excluding hydrogens is 256 g/mol. The maximum Gasteiger partial charge on any atom is 0.490 e. The minimum absolute atomic E-state index is 0.267. The van der Waals surface area contributed by atoms with E-state index in [4.69, 9.17) is 20.9 Å². The van der Waals surface area contributed by atoms with Crippen molar-refractivity contribution in [3.05, 3.63) is 35.1 Å². The number of nitrogens with two attached hydrogens (primary N) is 1. The smallest absolute Gasteiger partial charge is 0.475 e. The first-order valence-electron chi connectivity index (χ1n) is 4.41. The number of nitrogens with zero attached hydrogens (tertiary/aromatic N) is 1. The van der Waals surface area contributed by atoms with Crippen LogP contribution in [0.1, 0.15) is 11.1 Å². The van der Waals surface area contributed by atoms with E-state index in [-0.39, 0.29) is 6.54 Å². The molecule has 0 aliphatic rings. The van der Waals surface area contributed by atoms with Crippen molar-refractivity contribution in [2.75, 3.05) is 0 Å². The van der Waals surface area contributed by atoms with Gasteiger partial charge in [0.15, 0.2) is 0 Å². The molecular formula is C10H8F4N2O2. The third-order valence-corrected chi connectivity index (χ3v) is 1.65. The summed E-state index contributed by atoms with van der Waals surface area (Å²) in [6.07, 6.45) is -5.08. The maximum absolute atomic E-state index is 12.5. The predicted molar refractivity (Wildman–Crippen MR) is 52.7 cm³/mol. The third-order valence-electron chi connectivity index (χ3n) is 1.65. The van der Waals surface area contributed by atoms with Crippen molar-refractivity contribution in [2.24, 2.45) is 5.73 Å². The minimum atomic E-state index is -5.08. The van der Waals surface area contributed by atoms with E-state index in [1.807, 2.05) is 6.07 Å². The van der Waals surface area contributed by atoms with Crippen LogP contribution >= 0.6 is 0 Å². The Labute approximate surface area is 99.2 Å². The molecule has 3 N–H and O–H groups in total. The Kier molecular flexibility index (Phi) is 5.78. The number of hydrogen-bond donors (Lipinski definition) is 2. The Morgan fingerprint density at radius 3 is 2.28 bits per heavy atom. The molecule has 0 amide bonds. The number of nitriles is 1. The molecule has 0 aliphatic carbocycles. The molecule has 1 rings (SSSR count). The summed E-state index contributed by atoms with van der Waals surface area (Å²) in [4.78, 5) is 8.90. The second-order valence-electron chi connectivity index (χ2n) is 2.92. The third kappa shape index (κ3) is 5.27. The molecule has 18 heavy (non-hydrogen) atoms. The molecule has 0 aliphatic heterocycles. The number of aliphatic carboxylic acids is 1. The number of halogens is 4. The largest absolute Gasteiger partial charge is 0.490 e. The predicted octanol–water partition coefficient (Wildman–Crippen LogP) is 1.79. The van der Waals surface area contributed by atoms with E-state index in [0.717, 1.165) is 0 Å². The van der Waals surface area contributed by atoms with E-state index in [1.165, 1.54) is 18.2 Å². The van der Waals surface area contributed by atoms with Crippen LogP contribution in [0.4, 0.5) is 17.6 Å². The van der Waals surface area contributed by atoms with Gasteiger partial charge in [-0.2, -0.15) is 18.4 Å². The summed E-state index contributed by atoms with van der Waals surface area (Å²) in [7, 11) is 0. The van der Waals surface area contributed by atoms with Crippen molar-refractivity contribution >= 4 is 5.97 Å². The number of rotatable bonds is 1. The van der Waals surface area contributed by atoms with Crippen molar-refractivity contribution in [3.63, 3.8) is 0 Å². The van der Waals surface area contributed by atoms with Crippen LogP contribution in [0.5, 0.6) is 0 Å². The topological polar surface area (TPSA) is 87.1 Å². The lowest BCUT2D eigenvalue weighted by molar-refractivity contribution is -0.192. The van der Waals surface area contributed by atoms with Gasteiger partial charge in [-0.05, 0) is 17.7 Å². The van der Waals surface area contributed by atoms with Gasteiger partial charge in [0.2, 0.25) is 0 Å². The van der Waals surface area contributed by atoms with Crippen molar-refractivity contribution in [2.45, 2.75) is 12.7 Å². The van der Waals surface area contributed by atoms with Crippen LogP contribution in [-0.2, 0) is 11.3 Å². The highest BCUT2D eigenvalue weighted by Crippen LogP contribution is 2.13. The summed E-state index contributed by atoms with van der Waals surface area (Å²) < 4.78 is 44.2. The van der Waals surface area contributed by atoms with Crippen LogP contribution in [0.25, 0.3) is 0 Å². The molecule has 4 nitrogen and oxygen atoms in total. The summed E-state index contributed by atoms with van der Waals surface area (Å²) in [5.41, 5.74) is 6.29. The zero-order valence-electron chi connectivity index (χ0n) is 8.83. The van der Waals surface area contributed by atoms with Crippen molar-refractivity contribution < 1.29 is 27.5 Å². The van der Waals surface area contributed by atoms with Crippen LogP contribution in [0, 0.1) is 17.1 Å². The summed E-state index contributed by atoms with van der Waals surface area (Å²) in [6, 6.07) is 5.87. The molecule has 0 saturated heterocycles. The zero-order valence-corrected chi connectivity index (χ0v) is 8.83. The highest BCUT2D eigenvalue weighted by Gasteiger charge is 2.38. The standard InChI is InChI=1S/C8H7FN2.C2HF3O2/c9-8-2-1-6(4-10)7(3-8)5-11;3-2(4,5)1(6)7/h1-3H,4,10H2;(H,6,7). The van der Waals surface area contributed by atoms with E-state index in [0.29, 0.717) is 11.1 Å². The molecule has 0 atom stereocenters. The van der Waals surface area contributed by atoms with Gasteiger partial charge in [-0.1, -0.05) is 6.07 Å². The number of carboxylic acids is 1. The monoisotopic (exact) mass is 264 g/mol. The molecule has 0 radical (unpaired) electrons. The van der Waals surface area contributed by atoms with Crippen LogP contribution in [0.2, 0.25) is 0 Å². The van der Waals surface area contributed by atoms with Crippen molar-refractivity contribution in [1.82, 2.24) is 0 Å².